The second-order valence-corrected chi connectivity index (χ2v) is 8.81. The Labute approximate surface area is 177 Å². The molecular weight excluding hydrogens is 429 g/mol. The fourth-order valence-corrected chi connectivity index (χ4v) is 5.35. The third kappa shape index (κ3) is 3.88. The zero-order valence-corrected chi connectivity index (χ0v) is 16.9. The van der Waals surface area contributed by atoms with Crippen molar-refractivity contribution in [3.63, 3.8) is 0 Å². The number of rotatable bonds is 4. The van der Waals surface area contributed by atoms with Crippen molar-refractivity contribution in [2.24, 2.45) is 0 Å². The third-order valence-electron chi connectivity index (χ3n) is 5.06. The summed E-state index contributed by atoms with van der Waals surface area (Å²) in [5.41, 5.74) is 0.770. The highest BCUT2D eigenvalue weighted by atomic mass is 32.2. The Morgan fingerprint density at radius 2 is 1.65 bits per heavy atom. The Balaban J connectivity index is 1.80. The first kappa shape index (κ1) is 20.9. The van der Waals surface area contributed by atoms with Gasteiger partial charge in [-0.25, -0.2) is 21.6 Å². The molecule has 4 rings (SSSR count). The second kappa shape index (κ2) is 8.07. The Morgan fingerprint density at radius 1 is 0.935 bits per heavy atom. The lowest BCUT2D eigenvalue weighted by molar-refractivity contribution is -0.117. The monoisotopic (exact) mass is 446 g/mol. The molecule has 0 aromatic heterocycles. The minimum absolute atomic E-state index is 0.0966. The van der Waals surface area contributed by atoms with Crippen molar-refractivity contribution in [3.05, 3.63) is 89.7 Å². The summed E-state index contributed by atoms with van der Waals surface area (Å²) in [6.45, 7) is 0. The number of nitrogens with one attached hydrogen (secondary N) is 1. The molecule has 5 nitrogen and oxygen atoms in total. The molecule has 0 saturated carbocycles. The van der Waals surface area contributed by atoms with Crippen molar-refractivity contribution in [2.45, 2.75) is 23.8 Å². The van der Waals surface area contributed by atoms with Crippen molar-refractivity contribution >= 4 is 27.3 Å². The minimum Gasteiger partial charge on any atom is -0.322 e. The van der Waals surface area contributed by atoms with E-state index in [9.17, 15) is 26.4 Å². The van der Waals surface area contributed by atoms with Crippen LogP contribution in [0.5, 0.6) is 0 Å². The summed E-state index contributed by atoms with van der Waals surface area (Å²) in [5.74, 6) is -3.63. The van der Waals surface area contributed by atoms with Crippen molar-refractivity contribution in [3.8, 4) is 0 Å². The first-order valence-electron chi connectivity index (χ1n) is 9.42. The van der Waals surface area contributed by atoms with Crippen LogP contribution in [0.15, 0.2) is 71.6 Å². The van der Waals surface area contributed by atoms with Gasteiger partial charge >= 0.3 is 0 Å². The van der Waals surface area contributed by atoms with Crippen molar-refractivity contribution < 1.29 is 26.4 Å². The number of anilines is 2. The van der Waals surface area contributed by atoms with Gasteiger partial charge in [0, 0.05) is 6.07 Å². The second-order valence-electron chi connectivity index (χ2n) is 7.03. The van der Waals surface area contributed by atoms with Crippen LogP contribution in [0.1, 0.15) is 12.0 Å². The lowest BCUT2D eigenvalue weighted by Crippen LogP contribution is -2.50. The van der Waals surface area contributed by atoms with Crippen LogP contribution in [0.25, 0.3) is 0 Å². The number of para-hydroxylation sites is 2. The SMILES string of the molecule is O=C(Nc1ccccc1F)[C@@H]1CCc2ccccc2N1S(=O)(=O)c1ccc(F)cc1F. The molecule has 0 fully saturated rings. The zero-order valence-electron chi connectivity index (χ0n) is 16.1. The molecular formula is C22H17F3N2O3S. The largest absolute Gasteiger partial charge is 0.322 e. The van der Waals surface area contributed by atoms with E-state index < -0.39 is 44.3 Å². The molecule has 160 valence electrons. The number of fused-ring (bicyclic) bond motifs is 1. The number of carbonyl (C=O) groups excluding carboxylic acids is 1. The number of aryl methyl sites for hydroxylation is 1. The fourth-order valence-electron chi connectivity index (χ4n) is 3.62. The van der Waals surface area contributed by atoms with Crippen molar-refractivity contribution in [1.29, 1.82) is 0 Å². The molecule has 31 heavy (non-hydrogen) atoms. The quantitative estimate of drug-likeness (QED) is 0.652. The Hall–Kier alpha value is -3.33. The highest BCUT2D eigenvalue weighted by molar-refractivity contribution is 7.93. The first-order chi connectivity index (χ1) is 14.8. The highest BCUT2D eigenvalue weighted by Gasteiger charge is 2.41. The Bertz CT molecular complexity index is 1260. The van der Waals surface area contributed by atoms with Crippen molar-refractivity contribution in [2.75, 3.05) is 9.62 Å². The lowest BCUT2D eigenvalue weighted by atomic mass is 9.97. The normalized spacial score (nSPS) is 16.0. The molecule has 9 heteroatoms. The van der Waals surface area contributed by atoms with E-state index in [1.807, 2.05) is 0 Å². The van der Waals surface area contributed by atoms with E-state index in [0.717, 1.165) is 22.5 Å². The molecule has 0 radical (unpaired) electrons. The summed E-state index contributed by atoms with van der Waals surface area (Å²) in [7, 11) is -4.58. The predicted octanol–water partition coefficient (Wildman–Crippen LogP) is 4.25. The van der Waals surface area contributed by atoms with Gasteiger partial charge in [-0.3, -0.25) is 9.10 Å². The van der Waals surface area contributed by atoms with Gasteiger partial charge in [-0.1, -0.05) is 30.3 Å². The van der Waals surface area contributed by atoms with Crippen LogP contribution in [0, 0.1) is 17.5 Å². The third-order valence-corrected chi connectivity index (χ3v) is 6.92. The standard InChI is InChI=1S/C22H17F3N2O3S/c23-15-10-12-21(17(25)13-15)31(29,30)27-19-8-4-1-5-14(19)9-11-20(27)22(28)26-18-7-3-2-6-16(18)24/h1-8,10,12-13,20H,9,11H2,(H,26,28)/t20-/m0/s1. The summed E-state index contributed by atoms with van der Waals surface area (Å²) in [4.78, 5) is 12.3. The summed E-state index contributed by atoms with van der Waals surface area (Å²) < 4.78 is 69.5. The van der Waals surface area contributed by atoms with Gasteiger partial charge in [0.25, 0.3) is 10.0 Å². The number of nitrogens with zero attached hydrogens (tertiary/aromatic N) is 1. The Kier molecular flexibility index (Phi) is 5.45. The van der Waals surface area contributed by atoms with Gasteiger partial charge in [-0.15, -0.1) is 0 Å². The molecule has 0 spiro atoms. The fraction of sp³-hybridized carbons (Fsp3) is 0.136. The Morgan fingerprint density at radius 3 is 2.39 bits per heavy atom. The average molecular weight is 446 g/mol. The van der Waals surface area contributed by atoms with Gasteiger partial charge in [-0.05, 0) is 48.7 Å². The van der Waals surface area contributed by atoms with E-state index >= 15 is 0 Å². The molecule has 1 amide bonds. The van der Waals surface area contributed by atoms with Crippen LogP contribution in [0.3, 0.4) is 0 Å². The first-order valence-corrected chi connectivity index (χ1v) is 10.9. The number of sulfonamides is 1. The van der Waals surface area contributed by atoms with E-state index in [1.165, 1.54) is 24.3 Å². The van der Waals surface area contributed by atoms with E-state index in [4.69, 9.17) is 0 Å². The average Bonchev–Trinajstić information content (AvgIpc) is 2.74. The molecule has 1 atom stereocenters. The van der Waals surface area contributed by atoms with Crippen LogP contribution in [0.2, 0.25) is 0 Å². The van der Waals surface area contributed by atoms with Crippen LogP contribution in [-0.4, -0.2) is 20.4 Å². The zero-order chi connectivity index (χ0) is 22.2. The molecule has 1 N–H and O–H groups in total. The van der Waals surface area contributed by atoms with E-state index in [1.54, 1.807) is 18.2 Å². The van der Waals surface area contributed by atoms with Crippen LogP contribution >= 0.6 is 0 Å². The highest BCUT2D eigenvalue weighted by Crippen LogP contribution is 2.36. The number of hydrogen-bond donors (Lipinski definition) is 1. The van der Waals surface area contributed by atoms with Crippen molar-refractivity contribution in [1.82, 2.24) is 0 Å². The molecule has 1 heterocycles. The molecule has 0 bridgehead atoms. The maximum absolute atomic E-state index is 14.4. The predicted molar refractivity (Wildman–Crippen MR) is 110 cm³/mol. The molecule has 3 aromatic carbocycles. The molecule has 0 unspecified atom stereocenters. The van der Waals surface area contributed by atoms with Crippen LogP contribution in [0.4, 0.5) is 24.5 Å². The number of benzene rings is 3. The number of hydrogen-bond acceptors (Lipinski definition) is 3. The molecule has 3 aromatic rings. The van der Waals surface area contributed by atoms with Gasteiger partial charge in [0.05, 0.1) is 11.4 Å². The number of amides is 1. The topological polar surface area (TPSA) is 66.5 Å². The maximum atomic E-state index is 14.4. The van der Waals surface area contributed by atoms with E-state index in [0.29, 0.717) is 18.1 Å². The maximum Gasteiger partial charge on any atom is 0.267 e. The van der Waals surface area contributed by atoms with Gasteiger partial charge in [0.1, 0.15) is 28.4 Å². The van der Waals surface area contributed by atoms with Crippen LogP contribution in [-0.2, 0) is 21.2 Å². The summed E-state index contributed by atoms with van der Waals surface area (Å²) in [5, 5.41) is 2.41. The lowest BCUT2D eigenvalue weighted by Gasteiger charge is -2.37. The molecule has 0 aliphatic carbocycles. The molecule has 0 saturated heterocycles. The van der Waals surface area contributed by atoms with Gasteiger partial charge < -0.3 is 5.32 Å². The smallest absolute Gasteiger partial charge is 0.267 e. The van der Waals surface area contributed by atoms with Gasteiger partial charge in [0.2, 0.25) is 5.91 Å². The number of carbonyl (C=O) groups is 1. The minimum atomic E-state index is -4.58. The number of halogens is 3. The molecule has 1 aliphatic rings. The van der Waals surface area contributed by atoms with E-state index in [-0.39, 0.29) is 17.8 Å². The summed E-state index contributed by atoms with van der Waals surface area (Å²) in [6, 6.07) is 12.9. The van der Waals surface area contributed by atoms with Gasteiger partial charge in [-0.2, -0.15) is 0 Å². The summed E-state index contributed by atoms with van der Waals surface area (Å²) >= 11 is 0. The van der Waals surface area contributed by atoms with E-state index in [2.05, 4.69) is 5.32 Å². The van der Waals surface area contributed by atoms with Crippen LogP contribution < -0.4 is 9.62 Å². The summed E-state index contributed by atoms with van der Waals surface area (Å²) in [6.07, 6.45) is 0.489. The van der Waals surface area contributed by atoms with Gasteiger partial charge in [0.15, 0.2) is 0 Å². The molecule has 1 aliphatic heterocycles.